The lowest BCUT2D eigenvalue weighted by molar-refractivity contribution is -0.211. The largest absolute Gasteiger partial charge is 0.392 e. The van der Waals surface area contributed by atoms with E-state index in [2.05, 4.69) is 25.3 Å². The van der Waals surface area contributed by atoms with Crippen LogP contribution in [0, 0.1) is 39.9 Å². The molecular formula is C22H31NO3. The fourth-order valence-electron chi connectivity index (χ4n) is 9.75. The topological polar surface area (TPSA) is 60.8 Å². The average Bonchev–Trinajstić information content (AvgIpc) is 3.14. The van der Waals surface area contributed by atoms with Crippen molar-refractivity contribution in [1.82, 2.24) is 4.90 Å². The van der Waals surface area contributed by atoms with Gasteiger partial charge in [0.15, 0.2) is 0 Å². The van der Waals surface area contributed by atoms with Crippen molar-refractivity contribution >= 4 is 5.78 Å². The zero-order chi connectivity index (χ0) is 18.2. The molecule has 0 aromatic carbocycles. The Morgan fingerprint density at radius 1 is 1.31 bits per heavy atom. The summed E-state index contributed by atoms with van der Waals surface area (Å²) in [6, 6.07) is 0.331. The van der Waals surface area contributed by atoms with Crippen LogP contribution in [0.25, 0.3) is 0 Å². The second kappa shape index (κ2) is 4.47. The molecule has 6 fully saturated rings. The maximum atomic E-state index is 13.0. The van der Waals surface area contributed by atoms with E-state index in [0.717, 1.165) is 44.3 Å². The third-order valence-electron chi connectivity index (χ3n) is 10.4. The Bertz CT molecular complexity index is 735. The summed E-state index contributed by atoms with van der Waals surface area (Å²) in [6.45, 7) is 10.9. The molecule has 5 aliphatic carbocycles. The second-order valence-corrected chi connectivity index (χ2v) is 10.7. The number of fused-ring (bicyclic) bond motifs is 1. The summed E-state index contributed by atoms with van der Waals surface area (Å²) in [6.07, 6.45) is 3.50. The highest BCUT2D eigenvalue weighted by Gasteiger charge is 2.85. The molecule has 5 saturated carbocycles. The first-order chi connectivity index (χ1) is 12.3. The predicted molar refractivity (Wildman–Crippen MR) is 97.2 cm³/mol. The van der Waals surface area contributed by atoms with Crippen LogP contribution in [0.5, 0.6) is 0 Å². The van der Waals surface area contributed by atoms with E-state index in [0.29, 0.717) is 24.3 Å². The van der Waals surface area contributed by atoms with Crippen LogP contribution in [-0.4, -0.2) is 52.2 Å². The number of Topliss-reactive ketones (excluding diaryl/α,β-unsaturated/α-hetero) is 1. The molecule has 4 heteroatoms. The van der Waals surface area contributed by atoms with Crippen molar-refractivity contribution < 1.29 is 15.0 Å². The third-order valence-corrected chi connectivity index (χ3v) is 10.4. The van der Waals surface area contributed by atoms with Crippen LogP contribution >= 0.6 is 0 Å². The maximum absolute atomic E-state index is 13.0. The SMILES string of the molecule is C=C1C2CC3(C1O)C1CC4[C@@]5(C)CC[C@H](O)[C@@]4(C3CC2=O)[C@@H]1N(CC)C5. The summed E-state index contributed by atoms with van der Waals surface area (Å²) >= 11 is 0. The van der Waals surface area contributed by atoms with Crippen LogP contribution in [-0.2, 0) is 4.79 Å². The molecule has 0 aromatic rings. The van der Waals surface area contributed by atoms with Gasteiger partial charge in [-0.25, -0.2) is 0 Å². The molecule has 0 radical (unpaired) electrons. The van der Waals surface area contributed by atoms with Gasteiger partial charge in [-0.2, -0.15) is 0 Å². The molecule has 6 aliphatic rings. The van der Waals surface area contributed by atoms with Crippen LogP contribution in [0.1, 0.15) is 46.0 Å². The van der Waals surface area contributed by atoms with Crippen LogP contribution in [0.15, 0.2) is 12.2 Å². The molecule has 1 aliphatic heterocycles. The van der Waals surface area contributed by atoms with Crippen molar-refractivity contribution in [3.63, 3.8) is 0 Å². The first-order valence-electron chi connectivity index (χ1n) is 10.6. The van der Waals surface area contributed by atoms with Crippen molar-refractivity contribution in [2.75, 3.05) is 13.1 Å². The predicted octanol–water partition coefficient (Wildman–Crippen LogP) is 2.00. The van der Waals surface area contributed by atoms with Gasteiger partial charge in [0.25, 0.3) is 0 Å². The monoisotopic (exact) mass is 357 g/mol. The van der Waals surface area contributed by atoms with Crippen LogP contribution in [0.2, 0.25) is 0 Å². The Labute approximate surface area is 155 Å². The van der Waals surface area contributed by atoms with Gasteiger partial charge in [-0.15, -0.1) is 0 Å². The van der Waals surface area contributed by atoms with E-state index in [9.17, 15) is 15.0 Å². The number of likely N-dealkylation sites (tertiary alicyclic amines) is 1. The number of ketones is 1. The Morgan fingerprint density at radius 2 is 2.08 bits per heavy atom. The molecule has 7 bridgehead atoms. The number of hydrogen-bond acceptors (Lipinski definition) is 4. The maximum Gasteiger partial charge on any atom is 0.140 e. The van der Waals surface area contributed by atoms with Crippen LogP contribution < -0.4 is 0 Å². The quantitative estimate of drug-likeness (QED) is 0.705. The zero-order valence-electron chi connectivity index (χ0n) is 15.9. The van der Waals surface area contributed by atoms with E-state index in [1.165, 1.54) is 0 Å². The van der Waals surface area contributed by atoms with Gasteiger partial charge in [-0.1, -0.05) is 20.4 Å². The van der Waals surface area contributed by atoms with Gasteiger partial charge in [0.2, 0.25) is 0 Å². The lowest BCUT2D eigenvalue weighted by Gasteiger charge is -2.65. The number of aliphatic hydroxyl groups excluding tert-OH is 2. The van der Waals surface area contributed by atoms with Crippen LogP contribution in [0.4, 0.5) is 0 Å². The van der Waals surface area contributed by atoms with Crippen molar-refractivity contribution in [2.24, 2.45) is 39.9 Å². The molecule has 1 heterocycles. The minimum absolute atomic E-state index is 0.130. The number of rotatable bonds is 1. The van der Waals surface area contributed by atoms with Crippen molar-refractivity contribution in [2.45, 2.75) is 64.2 Å². The molecule has 4 nitrogen and oxygen atoms in total. The average molecular weight is 357 g/mol. The molecule has 0 amide bonds. The Hall–Kier alpha value is -0.710. The molecule has 6 unspecified atom stereocenters. The fraction of sp³-hybridized carbons (Fsp3) is 0.864. The Kier molecular flexibility index (Phi) is 2.80. The van der Waals surface area contributed by atoms with E-state index in [4.69, 9.17) is 0 Å². The Morgan fingerprint density at radius 3 is 2.81 bits per heavy atom. The molecule has 26 heavy (non-hydrogen) atoms. The summed E-state index contributed by atoms with van der Waals surface area (Å²) in [5.41, 5.74) is 0.598. The minimum Gasteiger partial charge on any atom is -0.392 e. The smallest absolute Gasteiger partial charge is 0.140 e. The summed E-state index contributed by atoms with van der Waals surface area (Å²) in [7, 11) is 0. The normalized spacial score (nSPS) is 62.7. The van der Waals surface area contributed by atoms with Crippen LogP contribution in [0.3, 0.4) is 0 Å². The molecule has 1 saturated heterocycles. The fourth-order valence-corrected chi connectivity index (χ4v) is 9.75. The molecule has 0 aromatic heterocycles. The van der Waals surface area contributed by atoms with Crippen molar-refractivity contribution in [3.8, 4) is 0 Å². The van der Waals surface area contributed by atoms with E-state index in [1.807, 2.05) is 0 Å². The lowest BCUT2D eigenvalue weighted by atomic mass is 9.43. The third kappa shape index (κ3) is 1.33. The van der Waals surface area contributed by atoms with Gasteiger partial charge in [-0.3, -0.25) is 9.69 Å². The summed E-state index contributed by atoms with van der Waals surface area (Å²) < 4.78 is 0. The molecule has 2 N–H and O–H groups in total. The first-order valence-corrected chi connectivity index (χ1v) is 10.6. The van der Waals surface area contributed by atoms with Gasteiger partial charge in [-0.05, 0) is 61.0 Å². The van der Waals surface area contributed by atoms with E-state index >= 15 is 0 Å². The molecule has 2 spiro atoms. The first kappa shape index (κ1) is 16.3. The van der Waals surface area contributed by atoms with Gasteiger partial charge in [0.1, 0.15) is 5.78 Å². The lowest BCUT2D eigenvalue weighted by Crippen LogP contribution is -2.68. The number of aliphatic hydroxyl groups is 2. The number of nitrogens with zero attached hydrogens (tertiary/aromatic N) is 1. The molecular weight excluding hydrogens is 326 g/mol. The van der Waals surface area contributed by atoms with Gasteiger partial charge >= 0.3 is 0 Å². The zero-order valence-corrected chi connectivity index (χ0v) is 15.9. The summed E-state index contributed by atoms with van der Waals surface area (Å²) in [5, 5.41) is 22.8. The van der Waals surface area contributed by atoms with Crippen molar-refractivity contribution in [1.29, 1.82) is 0 Å². The minimum atomic E-state index is -0.561. The number of piperidine rings is 1. The standard InChI is InChI=1S/C22H31NO3/c1-4-23-10-20(3)6-5-17(25)22-15(20)7-13(18(22)23)21-9-12(11(2)19(21)26)14(24)8-16(21)22/h12-13,15-19,25-26H,2,4-10H2,1,3H3/t12?,13?,15?,16?,17-,18+,19?,20-,21?,22+/m0/s1. The highest BCUT2D eigenvalue weighted by molar-refractivity contribution is 5.87. The highest BCUT2D eigenvalue weighted by Crippen LogP contribution is 2.83. The summed E-state index contributed by atoms with van der Waals surface area (Å²) in [5.74, 6) is 1.16. The number of hydrogen-bond donors (Lipinski definition) is 2. The molecule has 10 atom stereocenters. The highest BCUT2D eigenvalue weighted by atomic mass is 16.3. The van der Waals surface area contributed by atoms with Crippen molar-refractivity contribution in [3.05, 3.63) is 12.2 Å². The second-order valence-electron chi connectivity index (χ2n) is 10.7. The van der Waals surface area contributed by atoms with Gasteiger partial charge < -0.3 is 10.2 Å². The van der Waals surface area contributed by atoms with Gasteiger partial charge in [0, 0.05) is 35.8 Å². The Balaban J connectivity index is 1.62. The van der Waals surface area contributed by atoms with E-state index in [-0.39, 0.29) is 40.0 Å². The van der Waals surface area contributed by atoms with Gasteiger partial charge in [0.05, 0.1) is 12.2 Å². The van der Waals surface area contributed by atoms with E-state index in [1.54, 1.807) is 0 Å². The number of carbonyl (C=O) groups excluding carboxylic acids is 1. The molecule has 142 valence electrons. The van der Waals surface area contributed by atoms with E-state index < -0.39 is 6.10 Å². The summed E-state index contributed by atoms with van der Waals surface area (Å²) in [4.78, 5) is 15.6. The number of carbonyl (C=O) groups is 1. The molecule has 6 rings (SSSR count).